The van der Waals surface area contributed by atoms with Crippen molar-refractivity contribution < 1.29 is 9.18 Å². The maximum absolute atomic E-state index is 14.3. The van der Waals surface area contributed by atoms with Crippen molar-refractivity contribution in [3.63, 3.8) is 0 Å². The molecule has 0 bridgehead atoms. The van der Waals surface area contributed by atoms with Gasteiger partial charge in [0.25, 0.3) is 5.91 Å². The molecule has 2 heterocycles. The Labute approximate surface area is 238 Å². The topological polar surface area (TPSA) is 45.6 Å². The van der Waals surface area contributed by atoms with Crippen LogP contribution in [0.1, 0.15) is 39.6 Å². The number of hydrazone groups is 1. The minimum Gasteiger partial charge on any atom is -0.267 e. The van der Waals surface area contributed by atoms with Gasteiger partial charge < -0.3 is 0 Å². The average Bonchev–Trinajstić information content (AvgIpc) is 3.38. The highest BCUT2D eigenvalue weighted by atomic mass is 79.9. The van der Waals surface area contributed by atoms with E-state index < -0.39 is 6.04 Å². The molecule has 0 N–H and O–H groups in total. The van der Waals surface area contributed by atoms with Crippen LogP contribution in [0.3, 0.4) is 0 Å². The Bertz CT molecular complexity index is 1770. The molecule has 0 aliphatic carbocycles. The van der Waals surface area contributed by atoms with Crippen LogP contribution in [0.25, 0.3) is 22.0 Å². The summed E-state index contributed by atoms with van der Waals surface area (Å²) in [7, 11) is 0. The molecule has 39 heavy (non-hydrogen) atoms. The number of fused-ring (bicyclic) bond motifs is 1. The largest absolute Gasteiger partial charge is 0.274 e. The molecule has 0 saturated carbocycles. The highest BCUT2D eigenvalue weighted by molar-refractivity contribution is 9.10. The molecule has 4 nitrogen and oxygen atoms in total. The minimum atomic E-state index is -0.486. The Morgan fingerprint density at radius 2 is 1.74 bits per heavy atom. The molecule has 0 fully saturated rings. The second kappa shape index (κ2) is 10.4. The number of amides is 1. The summed E-state index contributed by atoms with van der Waals surface area (Å²) in [5, 5.41) is 7.90. The van der Waals surface area contributed by atoms with E-state index in [2.05, 4.69) is 15.9 Å². The maximum Gasteiger partial charge on any atom is 0.274 e. The van der Waals surface area contributed by atoms with Gasteiger partial charge in [-0.2, -0.15) is 5.10 Å². The standard InChI is InChI=1S/C32H22BrClFN3O/c1-19-30(31(20-7-3-2-4-8-20)26-17-24(34)13-14-27(26)36-19)28-18-29(21-9-6-12-25(35)16-21)38(37-28)32(39)22-10-5-11-23(33)15-22/h2-17,29H,18H2,1H3. The highest BCUT2D eigenvalue weighted by Crippen LogP contribution is 2.40. The normalized spacial score (nSPS) is 15.0. The molecule has 192 valence electrons. The Morgan fingerprint density at radius 3 is 2.51 bits per heavy atom. The summed E-state index contributed by atoms with van der Waals surface area (Å²) < 4.78 is 15.1. The van der Waals surface area contributed by atoms with E-state index in [0.29, 0.717) is 28.3 Å². The van der Waals surface area contributed by atoms with Gasteiger partial charge in [0.05, 0.1) is 17.3 Å². The zero-order valence-corrected chi connectivity index (χ0v) is 23.2. The lowest BCUT2D eigenvalue weighted by Gasteiger charge is -2.22. The van der Waals surface area contributed by atoms with Crippen molar-refractivity contribution in [2.45, 2.75) is 19.4 Å². The van der Waals surface area contributed by atoms with Gasteiger partial charge in [-0.1, -0.05) is 76.1 Å². The number of benzene rings is 4. The zero-order valence-electron chi connectivity index (χ0n) is 20.9. The van der Waals surface area contributed by atoms with Gasteiger partial charge in [0, 0.05) is 43.7 Å². The van der Waals surface area contributed by atoms with Crippen LogP contribution in [0.5, 0.6) is 0 Å². The Hall–Kier alpha value is -3.87. The lowest BCUT2D eigenvalue weighted by atomic mass is 9.89. The third-order valence-corrected chi connectivity index (χ3v) is 7.63. The molecule has 1 amide bonds. The number of hydrogen-bond acceptors (Lipinski definition) is 3. The van der Waals surface area contributed by atoms with Crippen molar-refractivity contribution in [1.82, 2.24) is 9.99 Å². The summed E-state index contributed by atoms with van der Waals surface area (Å²) in [5.74, 6) is -0.629. The maximum atomic E-state index is 14.3. The number of hydrogen-bond donors (Lipinski definition) is 0. The molecule has 4 aromatic carbocycles. The minimum absolute atomic E-state index is 0.267. The van der Waals surface area contributed by atoms with E-state index in [0.717, 1.165) is 37.8 Å². The number of nitrogens with zero attached hydrogens (tertiary/aromatic N) is 3. The second-order valence-corrected chi connectivity index (χ2v) is 10.8. The number of carbonyl (C=O) groups is 1. The Balaban J connectivity index is 1.57. The fourth-order valence-corrected chi connectivity index (χ4v) is 5.76. The highest BCUT2D eigenvalue weighted by Gasteiger charge is 2.36. The van der Waals surface area contributed by atoms with Crippen LogP contribution in [0.2, 0.25) is 5.02 Å². The van der Waals surface area contributed by atoms with Gasteiger partial charge in [0.15, 0.2) is 0 Å². The number of pyridine rings is 1. The predicted molar refractivity (Wildman–Crippen MR) is 158 cm³/mol. The number of aryl methyl sites for hydroxylation is 1. The molecule has 5 aromatic rings. The SMILES string of the molecule is Cc1nc2ccc(Cl)cc2c(-c2ccccc2)c1C1=NN(C(=O)c2cccc(Br)c2)C(c2cccc(F)c2)C1. The summed E-state index contributed by atoms with van der Waals surface area (Å²) in [6, 6.07) is 28.7. The molecular weight excluding hydrogens is 577 g/mol. The smallest absolute Gasteiger partial charge is 0.267 e. The van der Waals surface area contributed by atoms with Gasteiger partial charge in [-0.05, 0) is 66.6 Å². The van der Waals surface area contributed by atoms with Crippen LogP contribution in [0.15, 0.2) is 107 Å². The Kier molecular flexibility index (Phi) is 6.75. The summed E-state index contributed by atoms with van der Waals surface area (Å²) >= 11 is 9.90. The Morgan fingerprint density at radius 1 is 0.949 bits per heavy atom. The van der Waals surface area contributed by atoms with E-state index in [-0.39, 0.29) is 11.7 Å². The number of aromatic nitrogens is 1. The van der Waals surface area contributed by atoms with E-state index in [4.69, 9.17) is 21.7 Å². The first kappa shape index (κ1) is 25.4. The molecular formula is C32H22BrClFN3O. The molecule has 1 aromatic heterocycles. The molecule has 1 unspecified atom stereocenters. The second-order valence-electron chi connectivity index (χ2n) is 9.46. The van der Waals surface area contributed by atoms with Gasteiger partial charge in [-0.3, -0.25) is 9.78 Å². The monoisotopic (exact) mass is 597 g/mol. The molecule has 0 spiro atoms. The van der Waals surface area contributed by atoms with Gasteiger partial charge in [-0.15, -0.1) is 0 Å². The van der Waals surface area contributed by atoms with E-state index in [9.17, 15) is 9.18 Å². The third kappa shape index (κ3) is 4.86. The summed E-state index contributed by atoms with van der Waals surface area (Å²) in [6.07, 6.45) is 0.400. The predicted octanol–water partition coefficient (Wildman–Crippen LogP) is 8.76. The third-order valence-electron chi connectivity index (χ3n) is 6.90. The van der Waals surface area contributed by atoms with Crippen molar-refractivity contribution >= 4 is 50.1 Å². The molecule has 1 aliphatic heterocycles. The van der Waals surface area contributed by atoms with E-state index in [1.807, 2.05) is 73.7 Å². The van der Waals surface area contributed by atoms with Crippen LogP contribution in [0, 0.1) is 12.7 Å². The summed E-state index contributed by atoms with van der Waals surface area (Å²) in [6.45, 7) is 1.95. The molecule has 7 heteroatoms. The average molecular weight is 599 g/mol. The quantitative estimate of drug-likeness (QED) is 0.208. The van der Waals surface area contributed by atoms with Gasteiger partial charge in [0.2, 0.25) is 0 Å². The first-order chi connectivity index (χ1) is 18.9. The lowest BCUT2D eigenvalue weighted by Crippen LogP contribution is -2.27. The fourth-order valence-electron chi connectivity index (χ4n) is 5.19. The van der Waals surface area contributed by atoms with Crippen molar-refractivity contribution in [1.29, 1.82) is 0 Å². The van der Waals surface area contributed by atoms with Crippen LogP contribution >= 0.6 is 27.5 Å². The molecule has 6 rings (SSSR count). The van der Waals surface area contributed by atoms with Crippen molar-refractivity contribution in [2.75, 3.05) is 0 Å². The van der Waals surface area contributed by atoms with Crippen molar-refractivity contribution in [3.8, 4) is 11.1 Å². The molecule has 1 atom stereocenters. The van der Waals surface area contributed by atoms with Crippen LogP contribution < -0.4 is 0 Å². The van der Waals surface area contributed by atoms with E-state index in [1.165, 1.54) is 17.1 Å². The molecule has 1 aliphatic rings. The van der Waals surface area contributed by atoms with Gasteiger partial charge in [-0.25, -0.2) is 9.40 Å². The van der Waals surface area contributed by atoms with Crippen molar-refractivity contribution in [2.24, 2.45) is 5.10 Å². The van der Waals surface area contributed by atoms with E-state index >= 15 is 0 Å². The van der Waals surface area contributed by atoms with Crippen LogP contribution in [-0.4, -0.2) is 21.6 Å². The van der Waals surface area contributed by atoms with Crippen LogP contribution in [0.4, 0.5) is 4.39 Å². The van der Waals surface area contributed by atoms with E-state index in [1.54, 1.807) is 18.2 Å². The number of carbonyl (C=O) groups excluding carboxylic acids is 1. The van der Waals surface area contributed by atoms with Gasteiger partial charge in [0.1, 0.15) is 5.82 Å². The summed E-state index contributed by atoms with van der Waals surface area (Å²) in [5.41, 5.74) is 6.27. The first-order valence-electron chi connectivity index (χ1n) is 12.5. The fraction of sp³-hybridized carbons (Fsp3) is 0.0938. The molecule has 0 saturated heterocycles. The molecule has 0 radical (unpaired) electrons. The van der Waals surface area contributed by atoms with Gasteiger partial charge >= 0.3 is 0 Å². The number of rotatable bonds is 4. The first-order valence-corrected chi connectivity index (χ1v) is 13.6. The zero-order chi connectivity index (χ0) is 27.1. The van der Waals surface area contributed by atoms with Crippen LogP contribution in [-0.2, 0) is 0 Å². The van der Waals surface area contributed by atoms with Crippen molar-refractivity contribution in [3.05, 3.63) is 135 Å². The lowest BCUT2D eigenvalue weighted by molar-refractivity contribution is 0.0711. The summed E-state index contributed by atoms with van der Waals surface area (Å²) in [4.78, 5) is 18.7. The number of halogens is 3.